The second-order valence-electron chi connectivity index (χ2n) is 10.8. The number of aromatic nitrogens is 3. The van der Waals surface area contributed by atoms with Crippen molar-refractivity contribution in [3.8, 4) is 28.6 Å². The summed E-state index contributed by atoms with van der Waals surface area (Å²) < 4.78 is 8.43. The Balaban J connectivity index is 1.22. The third kappa shape index (κ3) is 4.43. The molecule has 0 N–H and O–H groups in total. The summed E-state index contributed by atoms with van der Waals surface area (Å²) in [6, 6.07) is 52.7. The Hall–Kier alpha value is -5.94. The minimum absolute atomic E-state index is 0.496. The average molecular weight is 569 g/mol. The monoisotopic (exact) mass is 568 g/mol. The van der Waals surface area contributed by atoms with E-state index < -0.39 is 0 Å². The van der Waals surface area contributed by atoms with E-state index in [1.807, 2.05) is 49.4 Å². The van der Waals surface area contributed by atoms with E-state index in [4.69, 9.17) is 4.42 Å². The van der Waals surface area contributed by atoms with Gasteiger partial charge < -0.3 is 13.9 Å². The first-order chi connectivity index (χ1) is 21.7. The van der Waals surface area contributed by atoms with Crippen LogP contribution in [0.4, 0.5) is 17.1 Å². The van der Waals surface area contributed by atoms with E-state index in [1.165, 1.54) is 21.8 Å². The zero-order chi connectivity index (χ0) is 29.5. The third-order valence-corrected chi connectivity index (χ3v) is 8.12. The second kappa shape index (κ2) is 10.7. The van der Waals surface area contributed by atoms with Gasteiger partial charge in [-0.05, 0) is 91.3 Å². The molecule has 0 aliphatic carbocycles. The number of para-hydroxylation sites is 3. The van der Waals surface area contributed by atoms with Gasteiger partial charge in [0.2, 0.25) is 11.8 Å². The van der Waals surface area contributed by atoms with Crippen LogP contribution >= 0.6 is 0 Å². The van der Waals surface area contributed by atoms with Gasteiger partial charge in [-0.15, -0.1) is 10.2 Å². The Morgan fingerprint density at radius 2 is 1.14 bits per heavy atom. The smallest absolute Gasteiger partial charge is 0.248 e. The summed E-state index contributed by atoms with van der Waals surface area (Å²) in [6.45, 7) is 2.04. The van der Waals surface area contributed by atoms with E-state index in [0.29, 0.717) is 11.8 Å². The van der Waals surface area contributed by atoms with Gasteiger partial charge in [0.25, 0.3) is 0 Å². The van der Waals surface area contributed by atoms with Crippen LogP contribution in [-0.4, -0.2) is 14.8 Å². The van der Waals surface area contributed by atoms with Gasteiger partial charge in [0.05, 0.1) is 11.0 Å². The van der Waals surface area contributed by atoms with Crippen LogP contribution in [0.2, 0.25) is 0 Å². The topological polar surface area (TPSA) is 47.1 Å². The van der Waals surface area contributed by atoms with Crippen LogP contribution < -0.4 is 4.90 Å². The SMILES string of the molecule is Cc1ccccc1-c1nnc(-c2ccc(N(c3ccccc3)c3ccc4c(c3)c3ccccc3n4-c3ccccc3)cc2)o1. The molecule has 6 aromatic carbocycles. The average Bonchev–Trinajstić information content (AvgIpc) is 3.70. The van der Waals surface area contributed by atoms with Gasteiger partial charge in [0.15, 0.2) is 0 Å². The Kier molecular flexibility index (Phi) is 6.27. The van der Waals surface area contributed by atoms with Crippen molar-refractivity contribution in [2.24, 2.45) is 0 Å². The fourth-order valence-electron chi connectivity index (χ4n) is 5.99. The molecule has 0 aliphatic heterocycles. The first kappa shape index (κ1) is 25.7. The zero-order valence-electron chi connectivity index (χ0n) is 24.1. The predicted octanol–water partition coefficient (Wildman–Crippen LogP) is 10.3. The number of aryl methyl sites for hydroxylation is 1. The van der Waals surface area contributed by atoms with Gasteiger partial charge in [-0.1, -0.05) is 72.8 Å². The Bertz CT molecular complexity index is 2230. The van der Waals surface area contributed by atoms with Crippen LogP contribution in [0.15, 0.2) is 156 Å². The Labute approximate surface area is 255 Å². The summed E-state index contributed by atoms with van der Waals surface area (Å²) in [6.07, 6.45) is 0. The van der Waals surface area contributed by atoms with Crippen molar-refractivity contribution in [2.75, 3.05) is 4.90 Å². The fourth-order valence-corrected chi connectivity index (χ4v) is 5.99. The van der Waals surface area contributed by atoms with Crippen LogP contribution in [0, 0.1) is 6.92 Å². The summed E-state index contributed by atoms with van der Waals surface area (Å²) in [7, 11) is 0. The van der Waals surface area contributed by atoms with Gasteiger partial charge >= 0.3 is 0 Å². The summed E-state index contributed by atoms with van der Waals surface area (Å²) in [5.41, 5.74) is 9.60. The van der Waals surface area contributed by atoms with E-state index in [2.05, 4.69) is 129 Å². The predicted molar refractivity (Wildman–Crippen MR) is 179 cm³/mol. The molecule has 0 unspecified atom stereocenters. The Morgan fingerprint density at radius 1 is 0.523 bits per heavy atom. The van der Waals surface area contributed by atoms with Gasteiger partial charge in [0, 0.05) is 44.6 Å². The molecule has 5 nitrogen and oxygen atoms in total. The lowest BCUT2D eigenvalue weighted by Crippen LogP contribution is -2.09. The number of nitrogens with zero attached hydrogens (tertiary/aromatic N) is 4. The summed E-state index contributed by atoms with van der Waals surface area (Å²) in [4.78, 5) is 2.28. The minimum atomic E-state index is 0.496. The molecule has 0 spiro atoms. The van der Waals surface area contributed by atoms with Gasteiger partial charge in [-0.25, -0.2) is 0 Å². The van der Waals surface area contributed by atoms with Crippen molar-refractivity contribution in [3.63, 3.8) is 0 Å². The van der Waals surface area contributed by atoms with Crippen molar-refractivity contribution in [1.29, 1.82) is 0 Å². The largest absolute Gasteiger partial charge is 0.416 e. The van der Waals surface area contributed by atoms with E-state index in [1.54, 1.807) is 0 Å². The van der Waals surface area contributed by atoms with Crippen molar-refractivity contribution < 1.29 is 4.42 Å². The number of fused-ring (bicyclic) bond motifs is 3. The molecule has 5 heteroatoms. The number of benzene rings is 6. The molecule has 8 aromatic rings. The van der Waals surface area contributed by atoms with E-state index in [-0.39, 0.29) is 0 Å². The molecule has 0 bridgehead atoms. The number of anilines is 3. The maximum atomic E-state index is 6.10. The summed E-state index contributed by atoms with van der Waals surface area (Å²) in [5.74, 6) is 1.02. The Morgan fingerprint density at radius 3 is 1.93 bits per heavy atom. The number of hydrogen-bond acceptors (Lipinski definition) is 4. The maximum absolute atomic E-state index is 6.10. The molecule has 0 amide bonds. The molecule has 0 saturated carbocycles. The fraction of sp³-hybridized carbons (Fsp3) is 0.0256. The van der Waals surface area contributed by atoms with Crippen LogP contribution in [-0.2, 0) is 0 Å². The van der Waals surface area contributed by atoms with Gasteiger partial charge in [-0.3, -0.25) is 0 Å². The molecule has 0 saturated heterocycles. The molecule has 0 fully saturated rings. The molecular weight excluding hydrogens is 540 g/mol. The van der Waals surface area contributed by atoms with E-state index in [9.17, 15) is 0 Å². The molecule has 2 heterocycles. The number of rotatable bonds is 6. The second-order valence-corrected chi connectivity index (χ2v) is 10.8. The highest BCUT2D eigenvalue weighted by molar-refractivity contribution is 6.10. The lowest BCUT2D eigenvalue weighted by molar-refractivity contribution is 0.584. The van der Waals surface area contributed by atoms with Crippen LogP contribution in [0.1, 0.15) is 5.56 Å². The molecule has 2 aromatic heterocycles. The van der Waals surface area contributed by atoms with Crippen molar-refractivity contribution in [2.45, 2.75) is 6.92 Å². The van der Waals surface area contributed by atoms with Gasteiger partial charge in [-0.2, -0.15) is 0 Å². The van der Waals surface area contributed by atoms with Crippen molar-refractivity contribution in [1.82, 2.24) is 14.8 Å². The first-order valence-electron chi connectivity index (χ1n) is 14.7. The highest BCUT2D eigenvalue weighted by Crippen LogP contribution is 2.40. The van der Waals surface area contributed by atoms with Crippen LogP contribution in [0.5, 0.6) is 0 Å². The van der Waals surface area contributed by atoms with Crippen LogP contribution in [0.25, 0.3) is 50.4 Å². The highest BCUT2D eigenvalue weighted by atomic mass is 16.4. The first-order valence-corrected chi connectivity index (χ1v) is 14.7. The number of hydrogen-bond donors (Lipinski definition) is 0. The lowest BCUT2D eigenvalue weighted by atomic mass is 10.1. The molecule has 44 heavy (non-hydrogen) atoms. The molecule has 0 atom stereocenters. The lowest BCUT2D eigenvalue weighted by Gasteiger charge is -2.25. The zero-order valence-corrected chi connectivity index (χ0v) is 24.1. The van der Waals surface area contributed by atoms with E-state index >= 15 is 0 Å². The highest BCUT2D eigenvalue weighted by Gasteiger charge is 2.18. The summed E-state index contributed by atoms with van der Waals surface area (Å²) >= 11 is 0. The van der Waals surface area contributed by atoms with Crippen molar-refractivity contribution in [3.05, 3.63) is 157 Å². The quantitative estimate of drug-likeness (QED) is 0.200. The maximum Gasteiger partial charge on any atom is 0.248 e. The standard InChI is InChI=1S/C39H28N4O/c1-27-12-8-9-17-33(27)39-41-40-38(44-39)28-20-22-31(23-21-28)42(29-13-4-2-5-14-29)32-24-25-37-35(26-32)34-18-10-11-19-36(34)43(37)30-15-6-3-7-16-30/h2-26H,1H3. The molecular formula is C39H28N4O. The molecule has 8 rings (SSSR count). The minimum Gasteiger partial charge on any atom is -0.416 e. The summed E-state index contributed by atoms with van der Waals surface area (Å²) in [5, 5.41) is 11.1. The van der Waals surface area contributed by atoms with Crippen LogP contribution in [0.3, 0.4) is 0 Å². The third-order valence-electron chi connectivity index (χ3n) is 8.12. The molecule has 0 aliphatic rings. The molecule has 0 radical (unpaired) electrons. The van der Waals surface area contributed by atoms with Crippen molar-refractivity contribution >= 4 is 38.9 Å². The normalized spacial score (nSPS) is 11.3. The molecule has 210 valence electrons. The van der Waals surface area contributed by atoms with E-state index in [0.717, 1.165) is 39.4 Å². The van der Waals surface area contributed by atoms with Gasteiger partial charge in [0.1, 0.15) is 0 Å².